The number of carbonyl (C=O) groups excluding carboxylic acids is 1. The third-order valence-corrected chi connectivity index (χ3v) is 3.90. The molecule has 2 aromatic rings. The second kappa shape index (κ2) is 9.27. The Morgan fingerprint density at radius 2 is 1.58 bits per heavy atom. The number of carbonyl (C=O) groups is 1. The Morgan fingerprint density at radius 3 is 2.12 bits per heavy atom. The minimum atomic E-state index is -0.500. The van der Waals surface area contributed by atoms with Crippen molar-refractivity contribution in [2.45, 2.75) is 59.8 Å². The van der Waals surface area contributed by atoms with E-state index in [0.717, 1.165) is 28.2 Å². The third kappa shape index (κ3) is 6.10. The fraction of sp³-hybridized carbons (Fsp3) is 0.409. The molecule has 0 aliphatic heterocycles. The Kier molecular flexibility index (Phi) is 7.07. The van der Waals surface area contributed by atoms with E-state index in [0.29, 0.717) is 13.0 Å². The minimum Gasteiger partial charge on any atom is -0.491 e. The van der Waals surface area contributed by atoms with Crippen molar-refractivity contribution >= 4 is 5.91 Å². The van der Waals surface area contributed by atoms with E-state index in [9.17, 15) is 4.79 Å². The highest BCUT2D eigenvalue weighted by Crippen LogP contribution is 2.19. The van der Waals surface area contributed by atoms with Crippen LogP contribution in [0.5, 0.6) is 11.5 Å². The predicted molar refractivity (Wildman–Crippen MR) is 105 cm³/mol. The van der Waals surface area contributed by atoms with Crippen LogP contribution in [0.4, 0.5) is 0 Å². The second-order valence-electron chi connectivity index (χ2n) is 6.87. The predicted octanol–water partition coefficient (Wildman–Crippen LogP) is 4.56. The summed E-state index contributed by atoms with van der Waals surface area (Å²) >= 11 is 0. The van der Waals surface area contributed by atoms with Crippen molar-refractivity contribution in [3.8, 4) is 11.5 Å². The number of ether oxygens (including phenoxy) is 2. The van der Waals surface area contributed by atoms with E-state index in [-0.39, 0.29) is 12.0 Å². The van der Waals surface area contributed by atoms with E-state index >= 15 is 0 Å². The summed E-state index contributed by atoms with van der Waals surface area (Å²) in [6.07, 6.45) is 0.257. The zero-order chi connectivity index (χ0) is 19.1. The quantitative estimate of drug-likeness (QED) is 0.755. The first-order valence-electron chi connectivity index (χ1n) is 9.15. The smallest absolute Gasteiger partial charge is 0.261 e. The summed E-state index contributed by atoms with van der Waals surface area (Å²) in [6, 6.07) is 13.8. The highest BCUT2D eigenvalue weighted by molar-refractivity contribution is 5.81. The molecular weight excluding hydrogens is 326 g/mol. The largest absolute Gasteiger partial charge is 0.491 e. The van der Waals surface area contributed by atoms with Crippen LogP contribution in [0.15, 0.2) is 42.5 Å². The van der Waals surface area contributed by atoms with Gasteiger partial charge in [0, 0.05) is 6.54 Å². The van der Waals surface area contributed by atoms with Crippen molar-refractivity contribution in [3.05, 3.63) is 59.2 Å². The van der Waals surface area contributed by atoms with Gasteiger partial charge in [-0.2, -0.15) is 0 Å². The number of amides is 1. The Bertz CT molecular complexity index is 702. The van der Waals surface area contributed by atoms with Crippen molar-refractivity contribution in [3.63, 3.8) is 0 Å². The standard InChI is InChI=1S/C22H29NO3/c1-6-21(26-20-12-16(4)11-17(5)13-20)22(24)23-14-18-7-9-19(10-8-18)25-15(2)3/h7-13,15,21H,6,14H2,1-5H3,(H,23,24)/t21-/m0/s1. The maximum Gasteiger partial charge on any atom is 0.261 e. The maximum absolute atomic E-state index is 12.5. The molecule has 0 saturated heterocycles. The number of hydrogen-bond donors (Lipinski definition) is 1. The number of nitrogens with one attached hydrogen (secondary N) is 1. The fourth-order valence-electron chi connectivity index (χ4n) is 2.75. The molecular formula is C22H29NO3. The molecule has 0 aliphatic carbocycles. The molecule has 0 unspecified atom stereocenters. The Hall–Kier alpha value is -2.49. The number of hydrogen-bond acceptors (Lipinski definition) is 3. The molecule has 4 heteroatoms. The van der Waals surface area contributed by atoms with Gasteiger partial charge in [0.1, 0.15) is 11.5 Å². The molecule has 0 saturated carbocycles. The zero-order valence-corrected chi connectivity index (χ0v) is 16.3. The third-order valence-electron chi connectivity index (χ3n) is 3.90. The Balaban J connectivity index is 1.92. The summed E-state index contributed by atoms with van der Waals surface area (Å²) in [6.45, 7) is 10.4. The number of aryl methyl sites for hydroxylation is 2. The summed E-state index contributed by atoms with van der Waals surface area (Å²) in [5.74, 6) is 1.47. The van der Waals surface area contributed by atoms with Crippen LogP contribution in [0.3, 0.4) is 0 Å². The van der Waals surface area contributed by atoms with Crippen molar-refractivity contribution < 1.29 is 14.3 Å². The van der Waals surface area contributed by atoms with Crippen LogP contribution in [0.2, 0.25) is 0 Å². The van der Waals surface area contributed by atoms with Gasteiger partial charge in [-0.3, -0.25) is 4.79 Å². The van der Waals surface area contributed by atoms with E-state index in [1.165, 1.54) is 0 Å². The van der Waals surface area contributed by atoms with Gasteiger partial charge < -0.3 is 14.8 Å². The van der Waals surface area contributed by atoms with Gasteiger partial charge in [0.2, 0.25) is 0 Å². The summed E-state index contributed by atoms with van der Waals surface area (Å²) in [5.41, 5.74) is 3.27. The highest BCUT2D eigenvalue weighted by atomic mass is 16.5. The SMILES string of the molecule is CC[C@H](Oc1cc(C)cc(C)c1)C(=O)NCc1ccc(OC(C)C)cc1. The van der Waals surface area contributed by atoms with Gasteiger partial charge in [0.15, 0.2) is 6.10 Å². The van der Waals surface area contributed by atoms with Crippen LogP contribution in [0.25, 0.3) is 0 Å². The van der Waals surface area contributed by atoms with Crippen LogP contribution >= 0.6 is 0 Å². The summed E-state index contributed by atoms with van der Waals surface area (Å²) in [4.78, 5) is 12.5. The lowest BCUT2D eigenvalue weighted by atomic mass is 10.1. The second-order valence-corrected chi connectivity index (χ2v) is 6.87. The van der Waals surface area contributed by atoms with Crippen LogP contribution in [-0.4, -0.2) is 18.1 Å². The number of benzene rings is 2. The zero-order valence-electron chi connectivity index (χ0n) is 16.3. The lowest BCUT2D eigenvalue weighted by Gasteiger charge is -2.18. The van der Waals surface area contributed by atoms with Crippen molar-refractivity contribution in [2.75, 3.05) is 0 Å². The maximum atomic E-state index is 12.5. The van der Waals surface area contributed by atoms with Crippen molar-refractivity contribution in [1.82, 2.24) is 5.32 Å². The van der Waals surface area contributed by atoms with Crippen molar-refractivity contribution in [2.24, 2.45) is 0 Å². The molecule has 0 radical (unpaired) electrons. The Morgan fingerprint density at radius 1 is 0.962 bits per heavy atom. The highest BCUT2D eigenvalue weighted by Gasteiger charge is 2.18. The molecule has 1 N–H and O–H groups in total. The van der Waals surface area contributed by atoms with Crippen LogP contribution in [0.1, 0.15) is 43.9 Å². The summed E-state index contributed by atoms with van der Waals surface area (Å²) in [5, 5.41) is 2.95. The first kappa shape index (κ1) is 19.8. The molecule has 4 nitrogen and oxygen atoms in total. The molecule has 1 atom stereocenters. The topological polar surface area (TPSA) is 47.6 Å². The van der Waals surface area contributed by atoms with E-state index in [2.05, 4.69) is 11.4 Å². The molecule has 140 valence electrons. The molecule has 2 aromatic carbocycles. The minimum absolute atomic E-state index is 0.103. The summed E-state index contributed by atoms with van der Waals surface area (Å²) < 4.78 is 11.5. The van der Waals surface area contributed by atoms with Crippen molar-refractivity contribution in [1.29, 1.82) is 0 Å². The van der Waals surface area contributed by atoms with E-state index in [1.54, 1.807) is 0 Å². The lowest BCUT2D eigenvalue weighted by molar-refractivity contribution is -0.128. The van der Waals surface area contributed by atoms with E-state index < -0.39 is 6.10 Å². The molecule has 0 aliphatic rings. The monoisotopic (exact) mass is 355 g/mol. The molecule has 26 heavy (non-hydrogen) atoms. The van der Waals surface area contributed by atoms with Gasteiger partial charge in [-0.25, -0.2) is 0 Å². The average Bonchev–Trinajstić information content (AvgIpc) is 2.57. The molecule has 0 fully saturated rings. The van der Waals surface area contributed by atoms with Gasteiger partial charge in [0.25, 0.3) is 5.91 Å². The van der Waals surface area contributed by atoms with Gasteiger partial charge in [0.05, 0.1) is 6.10 Å². The van der Waals surface area contributed by atoms with Crippen LogP contribution in [0, 0.1) is 13.8 Å². The van der Waals surface area contributed by atoms with Gasteiger partial charge in [-0.1, -0.05) is 25.1 Å². The van der Waals surface area contributed by atoms with E-state index in [1.807, 2.05) is 71.0 Å². The van der Waals surface area contributed by atoms with Gasteiger partial charge >= 0.3 is 0 Å². The molecule has 0 aromatic heterocycles. The normalized spacial score (nSPS) is 11.9. The van der Waals surface area contributed by atoms with Gasteiger partial charge in [-0.15, -0.1) is 0 Å². The molecule has 0 bridgehead atoms. The fourth-order valence-corrected chi connectivity index (χ4v) is 2.75. The first-order valence-corrected chi connectivity index (χ1v) is 9.15. The van der Waals surface area contributed by atoms with Crippen LogP contribution < -0.4 is 14.8 Å². The molecule has 1 amide bonds. The van der Waals surface area contributed by atoms with Crippen LogP contribution in [-0.2, 0) is 11.3 Å². The molecule has 2 rings (SSSR count). The molecule has 0 spiro atoms. The number of rotatable bonds is 8. The summed E-state index contributed by atoms with van der Waals surface area (Å²) in [7, 11) is 0. The first-order chi connectivity index (χ1) is 12.4. The van der Waals surface area contributed by atoms with Gasteiger partial charge in [-0.05, 0) is 75.1 Å². The van der Waals surface area contributed by atoms with E-state index in [4.69, 9.17) is 9.47 Å². The average molecular weight is 355 g/mol. The lowest BCUT2D eigenvalue weighted by Crippen LogP contribution is -2.37. The molecule has 0 heterocycles. The Labute approximate surface area is 156 Å².